The number of hydrogen-bond donors (Lipinski definition) is 1. The number of carbonyl (C=O) groups is 1. The normalized spacial score (nSPS) is 13.2. The van der Waals surface area contributed by atoms with Crippen LogP contribution in [0.1, 0.15) is 13.8 Å². The molecule has 20 heavy (non-hydrogen) atoms. The van der Waals surface area contributed by atoms with Crippen molar-refractivity contribution in [1.82, 2.24) is 0 Å². The molecular formula is C11H11F3O4S2. The number of benzene rings is 1. The predicted octanol–water partition coefficient (Wildman–Crippen LogP) is 2.94. The van der Waals surface area contributed by atoms with Crippen LogP contribution in [0.15, 0.2) is 34.1 Å². The lowest BCUT2D eigenvalue weighted by Gasteiger charge is -2.18. The average molecular weight is 328 g/mol. The van der Waals surface area contributed by atoms with Crippen molar-refractivity contribution in [2.75, 3.05) is 0 Å². The van der Waals surface area contributed by atoms with Crippen molar-refractivity contribution < 1.29 is 31.5 Å². The fraction of sp³-hybridized carbons (Fsp3) is 0.364. The molecule has 0 saturated heterocycles. The van der Waals surface area contributed by atoms with Crippen LogP contribution in [-0.4, -0.2) is 29.7 Å². The van der Waals surface area contributed by atoms with E-state index < -0.39 is 31.0 Å². The maximum absolute atomic E-state index is 12.3. The number of rotatable bonds is 4. The summed E-state index contributed by atoms with van der Waals surface area (Å²) < 4.78 is 58.1. The summed E-state index contributed by atoms with van der Waals surface area (Å²) in [6.45, 7) is 2.86. The van der Waals surface area contributed by atoms with Gasteiger partial charge in [-0.3, -0.25) is 4.79 Å². The standard InChI is InChI=1S/C11H11F3O4S2/c1-10(2,9(15)16)19-7-3-5-8(6-4-7)20(17,18)11(12,13)14/h3-6H,1-2H3,(H,15,16). The van der Waals surface area contributed by atoms with Crippen molar-refractivity contribution in [2.24, 2.45) is 0 Å². The van der Waals surface area contributed by atoms with Gasteiger partial charge < -0.3 is 5.11 Å². The Bertz CT molecular complexity index is 604. The van der Waals surface area contributed by atoms with Crippen LogP contribution in [0.3, 0.4) is 0 Å². The number of halogens is 3. The van der Waals surface area contributed by atoms with Crippen molar-refractivity contribution in [3.8, 4) is 0 Å². The number of alkyl halides is 3. The topological polar surface area (TPSA) is 71.4 Å². The third kappa shape index (κ3) is 3.45. The summed E-state index contributed by atoms with van der Waals surface area (Å²) in [4.78, 5) is 10.4. The lowest BCUT2D eigenvalue weighted by Crippen LogP contribution is -2.27. The molecule has 1 N–H and O–H groups in total. The van der Waals surface area contributed by atoms with Crippen LogP contribution in [-0.2, 0) is 14.6 Å². The first-order chi connectivity index (χ1) is 8.88. The minimum absolute atomic E-state index is 0.360. The van der Waals surface area contributed by atoms with E-state index in [0.29, 0.717) is 4.90 Å². The van der Waals surface area contributed by atoms with E-state index in [-0.39, 0.29) is 0 Å². The van der Waals surface area contributed by atoms with E-state index in [1.165, 1.54) is 13.8 Å². The van der Waals surface area contributed by atoms with Gasteiger partial charge in [0, 0.05) is 4.90 Å². The summed E-state index contributed by atoms with van der Waals surface area (Å²) in [6.07, 6.45) is 0. The van der Waals surface area contributed by atoms with Crippen molar-refractivity contribution in [3.63, 3.8) is 0 Å². The summed E-state index contributed by atoms with van der Waals surface area (Å²) in [5.41, 5.74) is -5.36. The largest absolute Gasteiger partial charge is 0.501 e. The van der Waals surface area contributed by atoms with Gasteiger partial charge in [0.2, 0.25) is 0 Å². The van der Waals surface area contributed by atoms with Crippen LogP contribution < -0.4 is 0 Å². The summed E-state index contributed by atoms with van der Waals surface area (Å²) in [5, 5.41) is 8.93. The van der Waals surface area contributed by atoms with Crippen LogP contribution in [0, 0.1) is 0 Å². The summed E-state index contributed by atoms with van der Waals surface area (Å²) >= 11 is 0.905. The van der Waals surface area contributed by atoms with Gasteiger partial charge in [0.1, 0.15) is 4.75 Å². The summed E-state index contributed by atoms with van der Waals surface area (Å²) in [7, 11) is -5.38. The van der Waals surface area contributed by atoms with Gasteiger partial charge >= 0.3 is 11.5 Å². The van der Waals surface area contributed by atoms with E-state index in [1.54, 1.807) is 0 Å². The Morgan fingerprint density at radius 3 is 1.95 bits per heavy atom. The summed E-state index contributed by atoms with van der Waals surface area (Å²) in [6, 6.07) is 3.91. The van der Waals surface area contributed by atoms with E-state index in [2.05, 4.69) is 0 Å². The number of carboxylic acid groups (broad SMARTS) is 1. The monoisotopic (exact) mass is 328 g/mol. The van der Waals surface area contributed by atoms with Crippen LogP contribution in [0.5, 0.6) is 0 Å². The van der Waals surface area contributed by atoms with E-state index in [0.717, 1.165) is 36.0 Å². The number of sulfone groups is 1. The maximum Gasteiger partial charge on any atom is 0.501 e. The van der Waals surface area contributed by atoms with Gasteiger partial charge in [0.25, 0.3) is 9.84 Å². The van der Waals surface area contributed by atoms with Gasteiger partial charge in [-0.15, -0.1) is 11.8 Å². The van der Waals surface area contributed by atoms with Gasteiger partial charge in [0.05, 0.1) is 4.90 Å². The van der Waals surface area contributed by atoms with E-state index in [1.807, 2.05) is 0 Å². The highest BCUT2D eigenvalue weighted by Gasteiger charge is 2.46. The predicted molar refractivity (Wildman–Crippen MR) is 67.3 cm³/mol. The quantitative estimate of drug-likeness (QED) is 0.861. The molecule has 0 spiro atoms. The molecule has 112 valence electrons. The highest BCUT2D eigenvalue weighted by atomic mass is 32.2. The second-order valence-electron chi connectivity index (χ2n) is 4.34. The Morgan fingerprint density at radius 2 is 1.60 bits per heavy atom. The molecule has 0 aliphatic rings. The Labute approximate surface area is 117 Å². The highest BCUT2D eigenvalue weighted by molar-refractivity contribution is 8.01. The maximum atomic E-state index is 12.3. The van der Waals surface area contributed by atoms with Crippen molar-refractivity contribution in [1.29, 1.82) is 0 Å². The zero-order valence-corrected chi connectivity index (χ0v) is 12.1. The van der Waals surface area contributed by atoms with Crippen LogP contribution >= 0.6 is 11.8 Å². The molecule has 0 bridgehead atoms. The highest BCUT2D eigenvalue weighted by Crippen LogP contribution is 2.35. The number of aliphatic carboxylic acids is 1. The molecule has 0 aromatic heterocycles. The molecule has 0 radical (unpaired) electrons. The smallest absolute Gasteiger partial charge is 0.480 e. The molecule has 4 nitrogen and oxygen atoms in total. The summed E-state index contributed by atoms with van der Waals surface area (Å²) in [5.74, 6) is -1.09. The van der Waals surface area contributed by atoms with Crippen LogP contribution in [0.4, 0.5) is 13.2 Å². The molecule has 0 fully saturated rings. The molecule has 0 saturated carbocycles. The SMILES string of the molecule is CC(C)(Sc1ccc(S(=O)(=O)C(F)(F)F)cc1)C(=O)O. The first kappa shape index (κ1) is 16.8. The molecule has 0 aliphatic heterocycles. The minimum Gasteiger partial charge on any atom is -0.480 e. The van der Waals surface area contributed by atoms with Crippen LogP contribution in [0.25, 0.3) is 0 Å². The molecule has 0 amide bonds. The lowest BCUT2D eigenvalue weighted by atomic mass is 10.2. The molecule has 0 unspecified atom stereocenters. The molecular weight excluding hydrogens is 317 g/mol. The minimum atomic E-state index is -5.38. The molecule has 1 aromatic rings. The van der Waals surface area contributed by atoms with Gasteiger partial charge in [-0.25, -0.2) is 8.42 Å². The van der Waals surface area contributed by atoms with Gasteiger partial charge in [-0.05, 0) is 38.1 Å². The molecule has 1 rings (SSSR count). The fourth-order valence-corrected chi connectivity index (χ4v) is 2.87. The van der Waals surface area contributed by atoms with E-state index >= 15 is 0 Å². The first-order valence-electron chi connectivity index (χ1n) is 5.22. The average Bonchev–Trinajstić information content (AvgIpc) is 2.27. The third-order valence-electron chi connectivity index (χ3n) is 2.33. The Balaban J connectivity index is 3.05. The second-order valence-corrected chi connectivity index (χ2v) is 7.98. The van der Waals surface area contributed by atoms with Gasteiger partial charge in [-0.2, -0.15) is 13.2 Å². The third-order valence-corrected chi connectivity index (χ3v) is 5.02. The Kier molecular flexibility index (Phi) is 4.45. The second kappa shape index (κ2) is 5.28. The molecule has 0 atom stereocenters. The van der Waals surface area contributed by atoms with E-state index in [9.17, 15) is 26.4 Å². The first-order valence-corrected chi connectivity index (χ1v) is 7.52. The molecule has 1 aromatic carbocycles. The zero-order chi connectivity index (χ0) is 15.8. The molecule has 0 aliphatic carbocycles. The van der Waals surface area contributed by atoms with Gasteiger partial charge in [-0.1, -0.05) is 0 Å². The van der Waals surface area contributed by atoms with Crippen LogP contribution in [0.2, 0.25) is 0 Å². The molecule has 0 heterocycles. The Morgan fingerprint density at radius 1 is 1.15 bits per heavy atom. The molecule has 9 heteroatoms. The Hall–Kier alpha value is -1.22. The van der Waals surface area contributed by atoms with Crippen molar-refractivity contribution >= 4 is 27.6 Å². The number of hydrogen-bond acceptors (Lipinski definition) is 4. The number of thioether (sulfide) groups is 1. The fourth-order valence-electron chi connectivity index (χ4n) is 1.16. The van der Waals surface area contributed by atoms with E-state index in [4.69, 9.17) is 5.11 Å². The zero-order valence-electron chi connectivity index (χ0n) is 10.4. The lowest BCUT2D eigenvalue weighted by molar-refractivity contribution is -0.138. The van der Waals surface area contributed by atoms with Crippen molar-refractivity contribution in [2.45, 2.75) is 33.9 Å². The number of carboxylic acids is 1. The van der Waals surface area contributed by atoms with Crippen molar-refractivity contribution in [3.05, 3.63) is 24.3 Å². The van der Waals surface area contributed by atoms with Gasteiger partial charge in [0.15, 0.2) is 0 Å².